The zero-order valence-electron chi connectivity index (χ0n) is 12.5. The molecule has 0 saturated carbocycles. The summed E-state index contributed by atoms with van der Waals surface area (Å²) in [5.41, 5.74) is 0. The Morgan fingerprint density at radius 2 is 2.14 bits per heavy atom. The molecule has 0 bridgehead atoms. The average Bonchev–Trinajstić information content (AvgIpc) is 2.88. The summed E-state index contributed by atoms with van der Waals surface area (Å²) in [5, 5.41) is 7.07. The molecule has 0 radical (unpaired) electrons. The molecule has 0 spiro atoms. The quantitative estimate of drug-likeness (QED) is 0.726. The first-order valence-corrected chi connectivity index (χ1v) is 9.91. The van der Waals surface area contributed by atoms with Gasteiger partial charge in [-0.25, -0.2) is 12.7 Å². The van der Waals surface area contributed by atoms with Crippen molar-refractivity contribution < 1.29 is 13.2 Å². The number of nitrogens with zero attached hydrogens (tertiary/aromatic N) is 3. The molecule has 2 heterocycles. The van der Waals surface area contributed by atoms with E-state index in [-0.39, 0.29) is 11.8 Å². The lowest BCUT2D eigenvalue weighted by Gasteiger charge is -2.29. The molecule has 0 aliphatic carbocycles. The number of aromatic nitrogens is 2. The number of carbonyl (C=O) groups excluding carboxylic acids is 1. The van der Waals surface area contributed by atoms with Gasteiger partial charge < -0.3 is 5.32 Å². The molecule has 1 N–H and O–H groups in total. The van der Waals surface area contributed by atoms with Gasteiger partial charge in [0.2, 0.25) is 15.9 Å². The minimum atomic E-state index is -3.14. The molecule has 2 rings (SSSR count). The summed E-state index contributed by atoms with van der Waals surface area (Å²) >= 11 is 3.34. The van der Waals surface area contributed by atoms with E-state index in [2.05, 4.69) is 26.3 Å². The predicted octanol–water partition coefficient (Wildman–Crippen LogP) is 0.824. The van der Waals surface area contributed by atoms with E-state index in [4.69, 9.17) is 0 Å². The van der Waals surface area contributed by atoms with Crippen LogP contribution in [0.25, 0.3) is 0 Å². The maximum absolute atomic E-state index is 12.1. The van der Waals surface area contributed by atoms with Crippen LogP contribution in [0.2, 0.25) is 0 Å². The van der Waals surface area contributed by atoms with Crippen molar-refractivity contribution in [2.45, 2.75) is 25.8 Å². The molecular formula is C13H21BrN4O3S. The fourth-order valence-electron chi connectivity index (χ4n) is 2.51. The van der Waals surface area contributed by atoms with E-state index in [0.717, 1.165) is 17.4 Å². The molecule has 22 heavy (non-hydrogen) atoms. The Kier molecular flexibility index (Phi) is 5.99. The molecule has 1 amide bonds. The van der Waals surface area contributed by atoms with Crippen molar-refractivity contribution in [3.8, 4) is 0 Å². The van der Waals surface area contributed by atoms with Crippen LogP contribution in [0.15, 0.2) is 16.9 Å². The van der Waals surface area contributed by atoms with E-state index < -0.39 is 10.0 Å². The lowest BCUT2D eigenvalue weighted by atomic mass is 9.97. The molecule has 1 saturated heterocycles. The third-order valence-corrected chi connectivity index (χ3v) is 5.47. The van der Waals surface area contributed by atoms with Gasteiger partial charge in [-0.3, -0.25) is 9.48 Å². The number of halogens is 1. The standard InChI is InChI=1S/C13H21BrN4O3S/c1-22(20,21)18-7-3-11(4-8-18)13(19)15-5-2-6-17-10-12(14)9-16-17/h9-11H,2-8H2,1H3,(H,15,19). The minimum Gasteiger partial charge on any atom is -0.356 e. The van der Waals surface area contributed by atoms with Crippen molar-refractivity contribution in [2.24, 2.45) is 5.92 Å². The van der Waals surface area contributed by atoms with Crippen LogP contribution in [0.5, 0.6) is 0 Å². The fourth-order valence-corrected chi connectivity index (χ4v) is 3.71. The molecule has 0 unspecified atom stereocenters. The lowest BCUT2D eigenvalue weighted by Crippen LogP contribution is -2.42. The van der Waals surface area contributed by atoms with E-state index in [0.29, 0.717) is 32.5 Å². The first kappa shape index (κ1) is 17.4. The smallest absolute Gasteiger partial charge is 0.223 e. The third kappa shape index (κ3) is 5.06. The van der Waals surface area contributed by atoms with E-state index in [1.807, 2.05) is 10.9 Å². The zero-order valence-corrected chi connectivity index (χ0v) is 14.9. The molecule has 0 atom stereocenters. The van der Waals surface area contributed by atoms with Gasteiger partial charge in [0.1, 0.15) is 0 Å². The number of hydrogen-bond acceptors (Lipinski definition) is 4. The average molecular weight is 393 g/mol. The molecule has 124 valence electrons. The van der Waals surface area contributed by atoms with Gasteiger partial charge in [0.15, 0.2) is 0 Å². The van der Waals surface area contributed by atoms with Crippen LogP contribution < -0.4 is 5.32 Å². The third-order valence-electron chi connectivity index (χ3n) is 3.76. The van der Waals surface area contributed by atoms with Gasteiger partial charge in [-0.2, -0.15) is 5.10 Å². The highest BCUT2D eigenvalue weighted by Crippen LogP contribution is 2.19. The van der Waals surface area contributed by atoms with Crippen LogP contribution in [0.1, 0.15) is 19.3 Å². The molecule has 0 aromatic carbocycles. The molecule has 7 nitrogen and oxygen atoms in total. The highest BCUT2D eigenvalue weighted by atomic mass is 79.9. The molecule has 1 aromatic rings. The summed E-state index contributed by atoms with van der Waals surface area (Å²) in [6, 6.07) is 0. The Labute approximate surface area is 139 Å². The molecule has 1 aromatic heterocycles. The van der Waals surface area contributed by atoms with E-state index in [1.165, 1.54) is 10.6 Å². The normalized spacial score (nSPS) is 17.5. The molecule has 1 fully saturated rings. The Hall–Kier alpha value is -0.930. The minimum absolute atomic E-state index is 0.0230. The number of aryl methyl sites for hydroxylation is 1. The first-order valence-electron chi connectivity index (χ1n) is 7.27. The highest BCUT2D eigenvalue weighted by Gasteiger charge is 2.28. The molecule has 1 aliphatic heterocycles. The topological polar surface area (TPSA) is 84.3 Å². The Bertz CT molecular complexity index is 609. The second kappa shape index (κ2) is 7.56. The number of piperidine rings is 1. The number of hydrogen-bond donors (Lipinski definition) is 1. The van der Waals surface area contributed by atoms with Crippen molar-refractivity contribution in [1.29, 1.82) is 0 Å². The number of rotatable bonds is 6. The van der Waals surface area contributed by atoms with Gasteiger partial charge in [-0.15, -0.1) is 0 Å². The second-order valence-corrected chi connectivity index (χ2v) is 8.40. The van der Waals surface area contributed by atoms with Crippen molar-refractivity contribution in [1.82, 2.24) is 19.4 Å². The largest absolute Gasteiger partial charge is 0.356 e. The summed E-state index contributed by atoms with van der Waals surface area (Å²) in [6.45, 7) is 2.21. The van der Waals surface area contributed by atoms with Crippen LogP contribution >= 0.6 is 15.9 Å². The number of amides is 1. The SMILES string of the molecule is CS(=O)(=O)N1CCC(C(=O)NCCCn2cc(Br)cn2)CC1. The zero-order chi connectivity index (χ0) is 16.2. The van der Waals surface area contributed by atoms with Gasteiger partial charge in [0, 0.05) is 38.3 Å². The van der Waals surface area contributed by atoms with Crippen molar-refractivity contribution in [2.75, 3.05) is 25.9 Å². The fraction of sp³-hybridized carbons (Fsp3) is 0.692. The van der Waals surface area contributed by atoms with E-state index in [1.54, 1.807) is 6.20 Å². The predicted molar refractivity (Wildman–Crippen MR) is 86.7 cm³/mol. The number of nitrogens with one attached hydrogen (secondary N) is 1. The molecule has 9 heteroatoms. The summed E-state index contributed by atoms with van der Waals surface area (Å²) in [6.07, 6.45) is 6.82. The van der Waals surface area contributed by atoms with Crippen LogP contribution in [0.4, 0.5) is 0 Å². The second-order valence-electron chi connectivity index (χ2n) is 5.50. The Balaban J connectivity index is 1.66. The maximum Gasteiger partial charge on any atom is 0.223 e. The van der Waals surface area contributed by atoms with Crippen molar-refractivity contribution >= 4 is 31.9 Å². The van der Waals surface area contributed by atoms with Crippen LogP contribution in [0.3, 0.4) is 0 Å². The Morgan fingerprint density at radius 3 is 2.68 bits per heavy atom. The Morgan fingerprint density at radius 1 is 1.45 bits per heavy atom. The maximum atomic E-state index is 12.1. The highest BCUT2D eigenvalue weighted by molar-refractivity contribution is 9.10. The summed E-state index contributed by atoms with van der Waals surface area (Å²) in [7, 11) is -3.14. The summed E-state index contributed by atoms with van der Waals surface area (Å²) in [4.78, 5) is 12.1. The van der Waals surface area contributed by atoms with Gasteiger partial charge in [-0.1, -0.05) is 0 Å². The van der Waals surface area contributed by atoms with Crippen LogP contribution in [-0.2, 0) is 21.4 Å². The van der Waals surface area contributed by atoms with Gasteiger partial charge in [0.05, 0.1) is 16.9 Å². The summed E-state index contributed by atoms with van der Waals surface area (Å²) < 4.78 is 27.0. The van der Waals surface area contributed by atoms with Gasteiger partial charge in [0.25, 0.3) is 0 Å². The van der Waals surface area contributed by atoms with E-state index >= 15 is 0 Å². The lowest BCUT2D eigenvalue weighted by molar-refractivity contribution is -0.126. The molecule has 1 aliphatic rings. The summed E-state index contributed by atoms with van der Waals surface area (Å²) in [5.74, 6) is -0.0633. The van der Waals surface area contributed by atoms with E-state index in [9.17, 15) is 13.2 Å². The first-order chi connectivity index (χ1) is 10.4. The van der Waals surface area contributed by atoms with Gasteiger partial charge in [-0.05, 0) is 35.2 Å². The monoisotopic (exact) mass is 392 g/mol. The van der Waals surface area contributed by atoms with Crippen molar-refractivity contribution in [3.05, 3.63) is 16.9 Å². The van der Waals surface area contributed by atoms with Crippen LogP contribution in [0, 0.1) is 5.92 Å². The number of sulfonamides is 1. The van der Waals surface area contributed by atoms with Gasteiger partial charge >= 0.3 is 0 Å². The van der Waals surface area contributed by atoms with Crippen molar-refractivity contribution in [3.63, 3.8) is 0 Å². The number of carbonyl (C=O) groups is 1. The van der Waals surface area contributed by atoms with Crippen LogP contribution in [-0.4, -0.2) is 54.3 Å². The molecular weight excluding hydrogens is 372 g/mol.